The van der Waals surface area contributed by atoms with E-state index in [0.717, 1.165) is 16.1 Å². The SMILES string of the molecule is COc1cc(C(=O)OCc2csc(-c3cccc(OC)c3OC)n2)ccc1C. The van der Waals surface area contributed by atoms with Crippen LogP contribution in [0.3, 0.4) is 0 Å². The second kappa shape index (κ2) is 8.75. The molecule has 3 aromatic rings. The number of ether oxygens (including phenoxy) is 4. The molecule has 146 valence electrons. The van der Waals surface area contributed by atoms with Crippen LogP contribution in [0.2, 0.25) is 0 Å². The molecule has 0 bridgehead atoms. The van der Waals surface area contributed by atoms with Gasteiger partial charge in [-0.25, -0.2) is 9.78 Å². The third-order valence-electron chi connectivity index (χ3n) is 4.18. The topological polar surface area (TPSA) is 66.9 Å². The Bertz CT molecular complexity index is 983. The van der Waals surface area contributed by atoms with E-state index in [1.807, 2.05) is 36.6 Å². The highest BCUT2D eigenvalue weighted by Crippen LogP contribution is 2.39. The van der Waals surface area contributed by atoms with Crippen LogP contribution in [-0.4, -0.2) is 32.3 Å². The molecular formula is C21H21NO5S. The van der Waals surface area contributed by atoms with Crippen LogP contribution in [0.25, 0.3) is 10.6 Å². The molecule has 0 spiro atoms. The molecule has 0 unspecified atom stereocenters. The van der Waals surface area contributed by atoms with Gasteiger partial charge in [0.25, 0.3) is 0 Å². The van der Waals surface area contributed by atoms with Gasteiger partial charge in [-0.3, -0.25) is 0 Å². The molecule has 0 saturated carbocycles. The van der Waals surface area contributed by atoms with Gasteiger partial charge in [0, 0.05) is 5.38 Å². The van der Waals surface area contributed by atoms with Crippen molar-refractivity contribution in [2.24, 2.45) is 0 Å². The molecule has 28 heavy (non-hydrogen) atoms. The second-order valence-electron chi connectivity index (χ2n) is 5.95. The Morgan fingerprint density at radius 3 is 2.54 bits per heavy atom. The highest BCUT2D eigenvalue weighted by atomic mass is 32.1. The van der Waals surface area contributed by atoms with Crippen LogP contribution in [0, 0.1) is 6.92 Å². The largest absolute Gasteiger partial charge is 0.496 e. The van der Waals surface area contributed by atoms with Gasteiger partial charge in [0.2, 0.25) is 0 Å². The van der Waals surface area contributed by atoms with Crippen molar-refractivity contribution < 1.29 is 23.7 Å². The van der Waals surface area contributed by atoms with Crippen molar-refractivity contribution in [2.75, 3.05) is 21.3 Å². The zero-order chi connectivity index (χ0) is 20.1. The van der Waals surface area contributed by atoms with Gasteiger partial charge in [-0.05, 0) is 36.8 Å². The first-order valence-corrected chi connectivity index (χ1v) is 9.43. The minimum absolute atomic E-state index is 0.0812. The summed E-state index contributed by atoms with van der Waals surface area (Å²) in [5.41, 5.74) is 2.88. The number of nitrogens with zero attached hydrogens (tertiary/aromatic N) is 1. The first-order chi connectivity index (χ1) is 13.6. The van der Waals surface area contributed by atoms with E-state index < -0.39 is 5.97 Å². The standard InChI is InChI=1S/C21H21NO5S/c1-13-8-9-14(10-18(13)25-3)21(23)27-11-15-12-28-20(22-15)16-6-5-7-17(24-2)19(16)26-4/h5-10,12H,11H2,1-4H3. The molecule has 7 heteroatoms. The quantitative estimate of drug-likeness (QED) is 0.545. The molecule has 0 saturated heterocycles. The number of esters is 1. The molecule has 3 rings (SSSR count). The zero-order valence-electron chi connectivity index (χ0n) is 16.1. The maximum absolute atomic E-state index is 12.3. The van der Waals surface area contributed by atoms with Gasteiger partial charge in [-0.1, -0.05) is 12.1 Å². The molecule has 0 N–H and O–H groups in total. The van der Waals surface area contributed by atoms with Crippen LogP contribution in [0.4, 0.5) is 0 Å². The summed E-state index contributed by atoms with van der Waals surface area (Å²) in [4.78, 5) is 16.9. The van der Waals surface area contributed by atoms with Crippen molar-refractivity contribution in [1.82, 2.24) is 4.98 Å². The number of hydrogen-bond donors (Lipinski definition) is 0. The Balaban J connectivity index is 1.73. The molecule has 2 aromatic carbocycles. The van der Waals surface area contributed by atoms with Gasteiger partial charge in [0.1, 0.15) is 17.4 Å². The highest BCUT2D eigenvalue weighted by molar-refractivity contribution is 7.13. The Labute approximate surface area is 167 Å². The lowest BCUT2D eigenvalue weighted by Gasteiger charge is -2.10. The normalized spacial score (nSPS) is 10.4. The Morgan fingerprint density at radius 2 is 1.82 bits per heavy atom. The van der Waals surface area contributed by atoms with E-state index in [9.17, 15) is 4.79 Å². The molecule has 0 radical (unpaired) electrons. The molecule has 1 aromatic heterocycles. The van der Waals surface area contributed by atoms with Crippen LogP contribution >= 0.6 is 11.3 Å². The average molecular weight is 399 g/mol. The molecule has 0 fully saturated rings. The van der Waals surface area contributed by atoms with E-state index in [4.69, 9.17) is 18.9 Å². The Kier molecular flexibility index (Phi) is 6.16. The fraction of sp³-hybridized carbons (Fsp3) is 0.238. The minimum atomic E-state index is -0.424. The monoisotopic (exact) mass is 399 g/mol. The average Bonchev–Trinajstić information content (AvgIpc) is 3.20. The van der Waals surface area contributed by atoms with Gasteiger partial charge >= 0.3 is 5.97 Å². The Hall–Kier alpha value is -3.06. The molecule has 1 heterocycles. The van der Waals surface area contributed by atoms with Gasteiger partial charge in [-0.15, -0.1) is 11.3 Å². The van der Waals surface area contributed by atoms with Crippen LogP contribution in [0.5, 0.6) is 17.2 Å². The minimum Gasteiger partial charge on any atom is -0.496 e. The van der Waals surface area contributed by atoms with Gasteiger partial charge < -0.3 is 18.9 Å². The number of benzene rings is 2. The second-order valence-corrected chi connectivity index (χ2v) is 6.80. The van der Waals surface area contributed by atoms with Crippen molar-refractivity contribution in [3.8, 4) is 27.8 Å². The van der Waals surface area contributed by atoms with Gasteiger partial charge in [-0.2, -0.15) is 0 Å². The number of aromatic nitrogens is 1. The predicted molar refractivity (Wildman–Crippen MR) is 108 cm³/mol. The smallest absolute Gasteiger partial charge is 0.338 e. The van der Waals surface area contributed by atoms with Crippen LogP contribution < -0.4 is 14.2 Å². The third-order valence-corrected chi connectivity index (χ3v) is 5.10. The lowest BCUT2D eigenvalue weighted by atomic mass is 10.1. The van der Waals surface area contributed by atoms with Crippen LogP contribution in [0.15, 0.2) is 41.8 Å². The lowest BCUT2D eigenvalue weighted by molar-refractivity contribution is 0.0468. The fourth-order valence-corrected chi connectivity index (χ4v) is 3.55. The van der Waals surface area contributed by atoms with Crippen molar-refractivity contribution in [3.63, 3.8) is 0 Å². The summed E-state index contributed by atoms with van der Waals surface area (Å²) in [7, 11) is 4.75. The molecule has 0 atom stereocenters. The van der Waals surface area contributed by atoms with E-state index in [0.29, 0.717) is 28.5 Å². The maximum atomic E-state index is 12.3. The maximum Gasteiger partial charge on any atom is 0.338 e. The first-order valence-electron chi connectivity index (χ1n) is 8.55. The molecule has 6 nitrogen and oxygen atoms in total. The van der Waals surface area contributed by atoms with E-state index in [1.165, 1.54) is 11.3 Å². The Morgan fingerprint density at radius 1 is 1.04 bits per heavy atom. The van der Waals surface area contributed by atoms with Crippen molar-refractivity contribution in [2.45, 2.75) is 13.5 Å². The van der Waals surface area contributed by atoms with Gasteiger partial charge in [0.15, 0.2) is 11.5 Å². The number of carbonyl (C=O) groups is 1. The molecule has 0 aliphatic heterocycles. The van der Waals surface area contributed by atoms with Gasteiger partial charge in [0.05, 0.1) is 38.2 Å². The van der Waals surface area contributed by atoms with Crippen molar-refractivity contribution in [1.29, 1.82) is 0 Å². The summed E-state index contributed by atoms with van der Waals surface area (Å²) in [6, 6.07) is 10.8. The molecule has 0 amide bonds. The van der Waals surface area contributed by atoms with Crippen molar-refractivity contribution in [3.05, 3.63) is 58.6 Å². The van der Waals surface area contributed by atoms with E-state index in [-0.39, 0.29) is 6.61 Å². The van der Waals surface area contributed by atoms with Crippen LogP contribution in [-0.2, 0) is 11.3 Å². The summed E-state index contributed by atoms with van der Waals surface area (Å²) in [6.45, 7) is 2.00. The number of rotatable bonds is 7. The van der Waals surface area contributed by atoms with E-state index >= 15 is 0 Å². The van der Waals surface area contributed by atoms with E-state index in [2.05, 4.69) is 4.98 Å². The third kappa shape index (κ3) is 4.09. The summed E-state index contributed by atoms with van der Waals surface area (Å²) in [6.07, 6.45) is 0. The number of thiazole rings is 1. The number of para-hydroxylation sites is 1. The predicted octanol–water partition coefficient (Wildman–Crippen LogP) is 4.50. The molecule has 0 aliphatic rings. The highest BCUT2D eigenvalue weighted by Gasteiger charge is 2.16. The van der Waals surface area contributed by atoms with Crippen LogP contribution in [0.1, 0.15) is 21.6 Å². The molecule has 0 aliphatic carbocycles. The number of carbonyl (C=O) groups excluding carboxylic acids is 1. The summed E-state index contributed by atoms with van der Waals surface area (Å²) in [5.74, 6) is 1.48. The number of methoxy groups -OCH3 is 3. The number of aryl methyl sites for hydroxylation is 1. The fourth-order valence-electron chi connectivity index (χ4n) is 2.72. The first kappa shape index (κ1) is 19.7. The van der Waals surface area contributed by atoms with Crippen molar-refractivity contribution >= 4 is 17.3 Å². The zero-order valence-corrected chi connectivity index (χ0v) is 17.0. The number of hydrogen-bond acceptors (Lipinski definition) is 7. The van der Waals surface area contributed by atoms with E-state index in [1.54, 1.807) is 33.5 Å². The lowest BCUT2D eigenvalue weighted by Crippen LogP contribution is -2.06. The summed E-state index contributed by atoms with van der Waals surface area (Å²) < 4.78 is 21.4. The summed E-state index contributed by atoms with van der Waals surface area (Å²) >= 11 is 1.45. The summed E-state index contributed by atoms with van der Waals surface area (Å²) in [5, 5.41) is 2.62. The molecular weight excluding hydrogens is 378 g/mol.